The fourth-order valence-corrected chi connectivity index (χ4v) is 0.877. The van der Waals surface area contributed by atoms with E-state index in [4.69, 9.17) is 11.5 Å². The lowest BCUT2D eigenvalue weighted by Crippen LogP contribution is -2.31. The largest absolute Gasteiger partial charge is 0.381 e. The number of hydrogen-bond donors (Lipinski definition) is 2. The molecule has 0 aromatic rings. The van der Waals surface area contributed by atoms with Gasteiger partial charge in [-0.25, -0.2) is 0 Å². The van der Waals surface area contributed by atoms with Gasteiger partial charge >= 0.3 is 0 Å². The van der Waals surface area contributed by atoms with Crippen LogP contribution in [0, 0.1) is 0 Å². The van der Waals surface area contributed by atoms with Gasteiger partial charge in [-0.3, -0.25) is 9.98 Å². The first kappa shape index (κ1) is 12.9. The number of rotatable bonds is 6. The molecule has 0 unspecified atom stereocenters. The van der Waals surface area contributed by atoms with E-state index in [1.54, 1.807) is 0 Å². The van der Waals surface area contributed by atoms with Crippen LogP contribution < -0.4 is 11.5 Å². The summed E-state index contributed by atoms with van der Waals surface area (Å²) in [7, 11) is 0. The Morgan fingerprint density at radius 3 is 1.50 bits per heavy atom. The molecule has 4 heteroatoms. The fraction of sp³-hybridized carbons (Fsp3) is 0.800. The lowest BCUT2D eigenvalue weighted by Gasteiger charge is -2.00. The summed E-state index contributed by atoms with van der Waals surface area (Å²) in [6.45, 7) is 5.72. The Morgan fingerprint density at radius 2 is 1.21 bits per heavy atom. The van der Waals surface area contributed by atoms with E-state index in [0.717, 1.165) is 38.8 Å². The summed E-state index contributed by atoms with van der Waals surface area (Å²) in [5, 5.41) is 0. The van der Waals surface area contributed by atoms with Gasteiger partial charge in [-0.2, -0.15) is 0 Å². The molecule has 0 aliphatic rings. The van der Waals surface area contributed by atoms with Gasteiger partial charge in [0.15, 0.2) is 11.7 Å². The third kappa shape index (κ3) is 6.46. The quantitative estimate of drug-likeness (QED) is 0.383. The predicted octanol–water partition coefficient (Wildman–Crippen LogP) is 1.30. The molecule has 0 bridgehead atoms. The Hall–Kier alpha value is -1.06. The minimum absolute atomic E-state index is 0.384. The molecule has 82 valence electrons. The van der Waals surface area contributed by atoms with Crippen molar-refractivity contribution in [3.8, 4) is 0 Å². The van der Waals surface area contributed by atoms with E-state index in [-0.39, 0.29) is 0 Å². The maximum atomic E-state index is 5.63. The number of unbranched alkanes of at least 4 members (excludes halogenated alkanes) is 2. The molecule has 14 heavy (non-hydrogen) atoms. The number of nitrogens with two attached hydrogens (primary N) is 2. The molecule has 0 heterocycles. The molecule has 0 saturated heterocycles. The second kappa shape index (κ2) is 8.53. The third-order valence-electron chi connectivity index (χ3n) is 1.85. The van der Waals surface area contributed by atoms with Crippen molar-refractivity contribution in [2.75, 3.05) is 13.1 Å². The SMILES string of the molecule is CCCCN=C(N)C(N)=NCCCC. The number of amidine groups is 2. The van der Waals surface area contributed by atoms with Gasteiger partial charge in [-0.1, -0.05) is 26.7 Å². The lowest BCUT2D eigenvalue weighted by atomic mass is 10.3. The minimum atomic E-state index is 0.384. The van der Waals surface area contributed by atoms with E-state index in [0.29, 0.717) is 11.7 Å². The Morgan fingerprint density at radius 1 is 0.857 bits per heavy atom. The standard InChI is InChI=1S/C10H22N4/c1-3-5-7-13-9(11)10(12)14-8-6-4-2/h3-8H2,1-2H3,(H2,11,13)(H2,12,14). The molecule has 0 fully saturated rings. The van der Waals surface area contributed by atoms with Crippen LogP contribution in [0.25, 0.3) is 0 Å². The lowest BCUT2D eigenvalue weighted by molar-refractivity contribution is 0.804. The summed E-state index contributed by atoms with van der Waals surface area (Å²) in [6.07, 6.45) is 4.32. The van der Waals surface area contributed by atoms with Crippen molar-refractivity contribution in [1.82, 2.24) is 0 Å². The second-order valence-corrected chi connectivity index (χ2v) is 3.24. The molecular weight excluding hydrogens is 176 g/mol. The van der Waals surface area contributed by atoms with Crippen molar-refractivity contribution in [2.24, 2.45) is 21.5 Å². The molecular formula is C10H22N4. The van der Waals surface area contributed by atoms with Gasteiger partial charge in [-0.05, 0) is 12.8 Å². The molecule has 0 aliphatic heterocycles. The van der Waals surface area contributed by atoms with Crippen LogP contribution in [-0.4, -0.2) is 24.8 Å². The van der Waals surface area contributed by atoms with E-state index in [9.17, 15) is 0 Å². The van der Waals surface area contributed by atoms with E-state index in [1.165, 1.54) is 0 Å². The van der Waals surface area contributed by atoms with Crippen molar-refractivity contribution >= 4 is 11.7 Å². The van der Waals surface area contributed by atoms with E-state index >= 15 is 0 Å². The summed E-state index contributed by atoms with van der Waals surface area (Å²) in [5.41, 5.74) is 11.3. The van der Waals surface area contributed by atoms with Gasteiger partial charge in [0, 0.05) is 13.1 Å². The van der Waals surface area contributed by atoms with Gasteiger partial charge in [0.2, 0.25) is 0 Å². The monoisotopic (exact) mass is 198 g/mol. The van der Waals surface area contributed by atoms with Crippen LogP contribution in [0.5, 0.6) is 0 Å². The van der Waals surface area contributed by atoms with Gasteiger partial charge in [0.1, 0.15) is 0 Å². The summed E-state index contributed by atoms with van der Waals surface area (Å²) in [6, 6.07) is 0. The molecule has 0 atom stereocenters. The van der Waals surface area contributed by atoms with Crippen LogP contribution in [0.3, 0.4) is 0 Å². The van der Waals surface area contributed by atoms with Gasteiger partial charge in [0.05, 0.1) is 0 Å². The Bertz CT molecular complexity index is 174. The molecule has 0 spiro atoms. The van der Waals surface area contributed by atoms with Gasteiger partial charge in [0.25, 0.3) is 0 Å². The van der Waals surface area contributed by atoms with Crippen LogP contribution in [-0.2, 0) is 0 Å². The molecule has 0 aromatic carbocycles. The van der Waals surface area contributed by atoms with Crippen molar-refractivity contribution in [1.29, 1.82) is 0 Å². The number of aliphatic imine (C=N–C) groups is 2. The van der Waals surface area contributed by atoms with Gasteiger partial charge < -0.3 is 11.5 Å². The van der Waals surface area contributed by atoms with E-state index in [1.807, 2.05) is 0 Å². The zero-order chi connectivity index (χ0) is 10.8. The van der Waals surface area contributed by atoms with Crippen molar-refractivity contribution in [3.05, 3.63) is 0 Å². The topological polar surface area (TPSA) is 76.8 Å². The highest BCUT2D eigenvalue weighted by Gasteiger charge is 1.96. The summed E-state index contributed by atoms with van der Waals surface area (Å²) in [5.74, 6) is 0.768. The molecule has 0 rings (SSSR count). The maximum absolute atomic E-state index is 5.63. The van der Waals surface area contributed by atoms with E-state index in [2.05, 4.69) is 23.8 Å². The third-order valence-corrected chi connectivity index (χ3v) is 1.85. The van der Waals surface area contributed by atoms with Gasteiger partial charge in [-0.15, -0.1) is 0 Å². The predicted molar refractivity (Wildman–Crippen MR) is 62.8 cm³/mol. The molecule has 0 aromatic heterocycles. The molecule has 0 aliphatic carbocycles. The summed E-state index contributed by atoms with van der Waals surface area (Å²) in [4.78, 5) is 8.26. The normalized spacial score (nSPS) is 13.3. The Balaban J connectivity index is 3.89. The Kier molecular flexibility index (Phi) is 7.89. The number of nitrogens with zero attached hydrogens (tertiary/aromatic N) is 2. The second-order valence-electron chi connectivity index (χ2n) is 3.24. The number of hydrogen-bond acceptors (Lipinski definition) is 2. The highest BCUT2D eigenvalue weighted by molar-refractivity contribution is 6.39. The average Bonchev–Trinajstić information content (AvgIpc) is 2.18. The van der Waals surface area contributed by atoms with Crippen molar-refractivity contribution in [2.45, 2.75) is 39.5 Å². The molecule has 0 amide bonds. The van der Waals surface area contributed by atoms with Crippen LogP contribution in [0.1, 0.15) is 39.5 Å². The first-order chi connectivity index (χ1) is 6.72. The van der Waals surface area contributed by atoms with Crippen LogP contribution in [0.4, 0.5) is 0 Å². The Labute approximate surface area is 86.5 Å². The summed E-state index contributed by atoms with van der Waals surface area (Å²) >= 11 is 0. The van der Waals surface area contributed by atoms with Crippen LogP contribution >= 0.6 is 0 Å². The highest BCUT2D eigenvalue weighted by atomic mass is 15.0. The van der Waals surface area contributed by atoms with Crippen molar-refractivity contribution in [3.63, 3.8) is 0 Å². The zero-order valence-electron chi connectivity index (χ0n) is 9.29. The first-order valence-electron chi connectivity index (χ1n) is 5.32. The first-order valence-corrected chi connectivity index (χ1v) is 5.32. The highest BCUT2D eigenvalue weighted by Crippen LogP contribution is 1.89. The fourth-order valence-electron chi connectivity index (χ4n) is 0.877. The average molecular weight is 198 g/mol. The molecule has 0 saturated carbocycles. The molecule has 4 N–H and O–H groups in total. The minimum Gasteiger partial charge on any atom is -0.381 e. The van der Waals surface area contributed by atoms with Crippen LogP contribution in [0.15, 0.2) is 9.98 Å². The van der Waals surface area contributed by atoms with Crippen LogP contribution in [0.2, 0.25) is 0 Å². The smallest absolute Gasteiger partial charge is 0.161 e. The summed E-state index contributed by atoms with van der Waals surface area (Å²) < 4.78 is 0. The maximum Gasteiger partial charge on any atom is 0.161 e. The van der Waals surface area contributed by atoms with Crippen molar-refractivity contribution < 1.29 is 0 Å². The van der Waals surface area contributed by atoms with E-state index < -0.39 is 0 Å². The molecule has 0 radical (unpaired) electrons. The zero-order valence-corrected chi connectivity index (χ0v) is 9.29. The molecule has 4 nitrogen and oxygen atoms in total.